The number of benzene rings is 1. The molecule has 1 aromatic rings. The molecule has 2 unspecified atom stereocenters. The first-order chi connectivity index (χ1) is 9.95. The molecule has 2 atom stereocenters. The number of nitrogens with one attached hydrogen (secondary N) is 1. The topological polar surface area (TPSA) is 66.5 Å². The second-order valence-corrected chi connectivity index (χ2v) is 6.04. The number of hydrogen-bond donors (Lipinski definition) is 1. The molecule has 112 valence electrons. The van der Waals surface area contributed by atoms with Crippen LogP contribution in [0.25, 0.3) is 0 Å². The lowest BCUT2D eigenvalue weighted by Crippen LogP contribution is -2.59. The molecule has 1 heterocycles. The highest BCUT2D eigenvalue weighted by atomic mass is 79.9. The Kier molecular flexibility index (Phi) is 4.77. The predicted octanol–water partition coefficient (Wildman–Crippen LogP) is 2.80. The van der Waals surface area contributed by atoms with E-state index in [1.807, 2.05) is 19.9 Å². The number of urea groups is 1. The summed E-state index contributed by atoms with van der Waals surface area (Å²) in [6, 6.07) is 6.15. The van der Waals surface area contributed by atoms with Crippen LogP contribution in [-0.4, -0.2) is 28.8 Å². The SMILES string of the molecule is CCCC(C)N1C(=O)NC(=O)C(c2cccc(Br)c2)C1=O. The van der Waals surface area contributed by atoms with Crippen molar-refractivity contribution in [3.05, 3.63) is 34.3 Å². The van der Waals surface area contributed by atoms with Crippen LogP contribution in [0.4, 0.5) is 4.79 Å². The summed E-state index contributed by atoms with van der Waals surface area (Å²) in [5.74, 6) is -2.00. The third-order valence-corrected chi connectivity index (χ3v) is 4.02. The molecule has 1 aromatic carbocycles. The van der Waals surface area contributed by atoms with E-state index in [1.54, 1.807) is 18.2 Å². The van der Waals surface area contributed by atoms with Crippen molar-refractivity contribution in [1.29, 1.82) is 0 Å². The Morgan fingerprint density at radius 3 is 2.67 bits per heavy atom. The first kappa shape index (κ1) is 15.7. The van der Waals surface area contributed by atoms with E-state index >= 15 is 0 Å². The molecule has 0 aromatic heterocycles. The molecule has 1 aliphatic rings. The first-order valence-corrected chi connectivity index (χ1v) is 7.68. The first-order valence-electron chi connectivity index (χ1n) is 6.89. The molecule has 0 spiro atoms. The molecule has 21 heavy (non-hydrogen) atoms. The van der Waals surface area contributed by atoms with Crippen molar-refractivity contribution < 1.29 is 14.4 Å². The van der Waals surface area contributed by atoms with Crippen LogP contribution < -0.4 is 5.32 Å². The van der Waals surface area contributed by atoms with Crippen molar-refractivity contribution in [2.24, 2.45) is 0 Å². The monoisotopic (exact) mass is 352 g/mol. The number of imide groups is 2. The van der Waals surface area contributed by atoms with Gasteiger partial charge in [-0.05, 0) is 31.0 Å². The molecule has 6 heteroatoms. The van der Waals surface area contributed by atoms with Gasteiger partial charge in [0.15, 0.2) is 0 Å². The highest BCUT2D eigenvalue weighted by Gasteiger charge is 2.43. The van der Waals surface area contributed by atoms with Crippen LogP contribution in [0.5, 0.6) is 0 Å². The minimum Gasteiger partial charge on any atom is -0.277 e. The van der Waals surface area contributed by atoms with E-state index in [-0.39, 0.29) is 6.04 Å². The molecule has 5 nitrogen and oxygen atoms in total. The number of halogens is 1. The Morgan fingerprint density at radius 1 is 1.33 bits per heavy atom. The van der Waals surface area contributed by atoms with Gasteiger partial charge in [-0.15, -0.1) is 0 Å². The Hall–Kier alpha value is -1.69. The van der Waals surface area contributed by atoms with Crippen molar-refractivity contribution in [2.45, 2.75) is 38.6 Å². The zero-order chi connectivity index (χ0) is 15.6. The summed E-state index contributed by atoms with van der Waals surface area (Å²) in [5, 5.41) is 2.28. The zero-order valence-electron chi connectivity index (χ0n) is 11.9. The van der Waals surface area contributed by atoms with Gasteiger partial charge in [-0.1, -0.05) is 41.4 Å². The Bertz CT molecular complexity index is 588. The lowest BCUT2D eigenvalue weighted by Gasteiger charge is -2.34. The Morgan fingerprint density at radius 2 is 2.05 bits per heavy atom. The molecular formula is C15H17BrN2O3. The summed E-state index contributed by atoms with van der Waals surface area (Å²) >= 11 is 3.33. The Labute approximate surface area is 131 Å². The van der Waals surface area contributed by atoms with Crippen LogP contribution in [-0.2, 0) is 9.59 Å². The number of barbiturate groups is 1. The minimum atomic E-state index is -0.973. The fourth-order valence-corrected chi connectivity index (χ4v) is 2.95. The maximum absolute atomic E-state index is 12.6. The molecule has 0 radical (unpaired) electrons. The fourth-order valence-electron chi connectivity index (χ4n) is 2.53. The fraction of sp³-hybridized carbons (Fsp3) is 0.400. The summed E-state index contributed by atoms with van der Waals surface area (Å²) in [7, 11) is 0. The van der Waals surface area contributed by atoms with E-state index in [0.717, 1.165) is 15.8 Å². The van der Waals surface area contributed by atoms with Gasteiger partial charge in [-0.2, -0.15) is 0 Å². The quantitative estimate of drug-likeness (QED) is 0.847. The van der Waals surface area contributed by atoms with Crippen LogP contribution in [0.15, 0.2) is 28.7 Å². The van der Waals surface area contributed by atoms with Crippen LogP contribution in [0.3, 0.4) is 0 Å². The molecule has 4 amide bonds. The lowest BCUT2D eigenvalue weighted by molar-refractivity contribution is -0.140. The third-order valence-electron chi connectivity index (χ3n) is 3.52. The largest absolute Gasteiger partial charge is 0.331 e. The second kappa shape index (κ2) is 6.39. The number of carbonyl (C=O) groups excluding carboxylic acids is 3. The van der Waals surface area contributed by atoms with Gasteiger partial charge in [-0.3, -0.25) is 19.8 Å². The molecule has 2 rings (SSSR count). The van der Waals surface area contributed by atoms with Crippen LogP contribution in [0.2, 0.25) is 0 Å². The molecular weight excluding hydrogens is 336 g/mol. The lowest BCUT2D eigenvalue weighted by atomic mass is 9.94. The number of amides is 4. The van der Waals surface area contributed by atoms with E-state index in [1.165, 1.54) is 0 Å². The molecule has 1 aliphatic heterocycles. The molecule has 1 N–H and O–H groups in total. The summed E-state index contributed by atoms with van der Waals surface area (Å²) in [4.78, 5) is 37.8. The normalized spacial score (nSPS) is 20.4. The third kappa shape index (κ3) is 3.15. The van der Waals surface area contributed by atoms with Gasteiger partial charge in [-0.25, -0.2) is 4.79 Å². The minimum absolute atomic E-state index is 0.231. The van der Waals surface area contributed by atoms with Gasteiger partial charge in [0.2, 0.25) is 11.8 Å². The Balaban J connectivity index is 2.35. The van der Waals surface area contributed by atoms with E-state index in [9.17, 15) is 14.4 Å². The molecule has 1 fully saturated rings. The van der Waals surface area contributed by atoms with Gasteiger partial charge in [0.1, 0.15) is 5.92 Å². The van der Waals surface area contributed by atoms with Crippen molar-refractivity contribution in [3.8, 4) is 0 Å². The summed E-state index contributed by atoms with van der Waals surface area (Å²) in [6.45, 7) is 3.80. The maximum Gasteiger partial charge on any atom is 0.331 e. The summed E-state index contributed by atoms with van der Waals surface area (Å²) in [5.41, 5.74) is 0.577. The smallest absolute Gasteiger partial charge is 0.277 e. The molecule has 0 aliphatic carbocycles. The number of carbonyl (C=O) groups is 3. The van der Waals surface area contributed by atoms with Gasteiger partial charge >= 0.3 is 6.03 Å². The van der Waals surface area contributed by atoms with Crippen molar-refractivity contribution in [3.63, 3.8) is 0 Å². The van der Waals surface area contributed by atoms with Gasteiger partial charge < -0.3 is 0 Å². The highest BCUT2D eigenvalue weighted by Crippen LogP contribution is 2.26. The molecule has 0 bridgehead atoms. The van der Waals surface area contributed by atoms with E-state index < -0.39 is 23.8 Å². The van der Waals surface area contributed by atoms with Crippen molar-refractivity contribution in [2.75, 3.05) is 0 Å². The van der Waals surface area contributed by atoms with E-state index in [4.69, 9.17) is 0 Å². The maximum atomic E-state index is 12.6. The second-order valence-electron chi connectivity index (χ2n) is 5.13. The average molecular weight is 353 g/mol. The predicted molar refractivity (Wildman–Crippen MR) is 81.6 cm³/mol. The highest BCUT2D eigenvalue weighted by molar-refractivity contribution is 9.10. The summed E-state index contributed by atoms with van der Waals surface area (Å²) < 4.78 is 0.783. The van der Waals surface area contributed by atoms with E-state index in [0.29, 0.717) is 12.0 Å². The standard InChI is InChI=1S/C15H17BrN2O3/c1-3-5-9(2)18-14(20)12(13(19)17-15(18)21)10-6-4-7-11(16)8-10/h4,6-9,12H,3,5H2,1-2H3,(H,17,19,21). The van der Waals surface area contributed by atoms with Crippen LogP contribution in [0, 0.1) is 0 Å². The molecule has 0 saturated carbocycles. The van der Waals surface area contributed by atoms with Crippen molar-refractivity contribution in [1.82, 2.24) is 10.2 Å². The van der Waals surface area contributed by atoms with Gasteiger partial charge in [0.05, 0.1) is 0 Å². The van der Waals surface area contributed by atoms with Crippen molar-refractivity contribution >= 4 is 33.8 Å². The number of nitrogens with zero attached hydrogens (tertiary/aromatic N) is 1. The number of hydrogen-bond acceptors (Lipinski definition) is 3. The van der Waals surface area contributed by atoms with Crippen LogP contribution >= 0.6 is 15.9 Å². The average Bonchev–Trinajstić information content (AvgIpc) is 2.38. The van der Waals surface area contributed by atoms with Gasteiger partial charge in [0, 0.05) is 10.5 Å². The van der Waals surface area contributed by atoms with Crippen LogP contribution in [0.1, 0.15) is 38.2 Å². The number of rotatable bonds is 4. The van der Waals surface area contributed by atoms with Gasteiger partial charge in [0.25, 0.3) is 0 Å². The summed E-state index contributed by atoms with van der Waals surface area (Å²) in [6.07, 6.45) is 1.56. The van der Waals surface area contributed by atoms with E-state index in [2.05, 4.69) is 21.2 Å². The molecule has 1 saturated heterocycles. The zero-order valence-corrected chi connectivity index (χ0v) is 13.5.